The molecular formula is C18H22N4O3. The van der Waals surface area contributed by atoms with Gasteiger partial charge in [-0.05, 0) is 37.8 Å². The van der Waals surface area contributed by atoms with E-state index >= 15 is 0 Å². The molecule has 1 saturated heterocycles. The van der Waals surface area contributed by atoms with Crippen molar-refractivity contribution in [2.24, 2.45) is 0 Å². The number of aromatic nitrogens is 2. The number of aromatic amines is 1. The SMILES string of the molecule is O=C(CCCc1nc2ccccc2c(=O)[nH]1)N[C@@H]1CCCCNC1=O. The first kappa shape index (κ1) is 17.1. The van der Waals surface area contributed by atoms with Crippen molar-refractivity contribution in [1.29, 1.82) is 0 Å². The number of carbonyl (C=O) groups excluding carboxylic acids is 2. The van der Waals surface area contributed by atoms with Crippen molar-refractivity contribution in [1.82, 2.24) is 20.6 Å². The van der Waals surface area contributed by atoms with E-state index in [4.69, 9.17) is 0 Å². The number of fused-ring (bicyclic) bond motifs is 1. The lowest BCUT2D eigenvalue weighted by Crippen LogP contribution is -2.45. The molecule has 0 radical (unpaired) electrons. The molecule has 0 bridgehead atoms. The molecule has 1 aliphatic heterocycles. The van der Waals surface area contributed by atoms with Gasteiger partial charge >= 0.3 is 0 Å². The van der Waals surface area contributed by atoms with E-state index in [9.17, 15) is 14.4 Å². The summed E-state index contributed by atoms with van der Waals surface area (Å²) in [4.78, 5) is 43.1. The standard InChI is InChI=1S/C18H22N4O3/c23-16(21-14-8-3-4-11-19-18(14)25)10-5-9-15-20-13-7-2-1-6-12(13)17(24)22-15/h1-2,6-7,14H,3-5,8-11H2,(H,19,25)(H,21,23)(H,20,22,24)/t14-/m1/s1. The van der Waals surface area contributed by atoms with E-state index in [0.29, 0.717) is 49.0 Å². The Labute approximate surface area is 145 Å². The number of hydrogen-bond acceptors (Lipinski definition) is 4. The fourth-order valence-electron chi connectivity index (χ4n) is 3.01. The van der Waals surface area contributed by atoms with Crippen LogP contribution in [0.3, 0.4) is 0 Å². The molecule has 3 N–H and O–H groups in total. The predicted octanol–water partition coefficient (Wildman–Crippen LogP) is 1.03. The van der Waals surface area contributed by atoms with Crippen LogP contribution in [0, 0.1) is 0 Å². The summed E-state index contributed by atoms with van der Waals surface area (Å²) < 4.78 is 0. The summed E-state index contributed by atoms with van der Waals surface area (Å²) in [5, 5.41) is 6.15. The molecule has 0 unspecified atom stereocenters. The second-order valence-corrected chi connectivity index (χ2v) is 6.29. The Morgan fingerprint density at radius 1 is 1.24 bits per heavy atom. The van der Waals surface area contributed by atoms with Crippen LogP contribution < -0.4 is 16.2 Å². The number of hydrogen-bond donors (Lipinski definition) is 3. The minimum absolute atomic E-state index is 0.105. The second-order valence-electron chi connectivity index (χ2n) is 6.29. The van der Waals surface area contributed by atoms with Crippen molar-refractivity contribution in [2.75, 3.05) is 6.54 Å². The topological polar surface area (TPSA) is 104 Å². The van der Waals surface area contributed by atoms with Crippen LogP contribution in [0.5, 0.6) is 0 Å². The van der Waals surface area contributed by atoms with E-state index in [0.717, 1.165) is 12.8 Å². The summed E-state index contributed by atoms with van der Waals surface area (Å²) in [6.45, 7) is 0.673. The van der Waals surface area contributed by atoms with Gasteiger partial charge in [-0.3, -0.25) is 14.4 Å². The Kier molecular flexibility index (Phi) is 5.42. The molecule has 0 aliphatic carbocycles. The summed E-state index contributed by atoms with van der Waals surface area (Å²) in [5.74, 6) is 0.320. The Hall–Kier alpha value is -2.70. The minimum Gasteiger partial charge on any atom is -0.354 e. The zero-order valence-electron chi connectivity index (χ0n) is 14.0. The van der Waals surface area contributed by atoms with Crippen molar-refractivity contribution in [2.45, 2.75) is 44.6 Å². The third kappa shape index (κ3) is 4.43. The van der Waals surface area contributed by atoms with Crippen molar-refractivity contribution < 1.29 is 9.59 Å². The van der Waals surface area contributed by atoms with Crippen LogP contribution in [-0.2, 0) is 16.0 Å². The summed E-state index contributed by atoms with van der Waals surface area (Å²) in [6, 6.07) is 6.73. The summed E-state index contributed by atoms with van der Waals surface area (Å²) in [7, 11) is 0. The van der Waals surface area contributed by atoms with E-state index in [-0.39, 0.29) is 17.4 Å². The number of aryl methyl sites for hydroxylation is 1. The molecule has 7 nitrogen and oxygen atoms in total. The lowest BCUT2D eigenvalue weighted by molar-refractivity contribution is -0.128. The molecule has 1 aromatic heterocycles. The highest BCUT2D eigenvalue weighted by Gasteiger charge is 2.21. The molecule has 1 aromatic carbocycles. The van der Waals surface area contributed by atoms with Crippen LogP contribution in [-0.4, -0.2) is 34.4 Å². The smallest absolute Gasteiger partial charge is 0.258 e. The van der Waals surface area contributed by atoms with Gasteiger partial charge < -0.3 is 15.6 Å². The van der Waals surface area contributed by atoms with Gasteiger partial charge in [-0.2, -0.15) is 0 Å². The van der Waals surface area contributed by atoms with E-state index < -0.39 is 6.04 Å². The number of nitrogens with zero attached hydrogens (tertiary/aromatic N) is 1. The molecule has 1 atom stereocenters. The van der Waals surface area contributed by atoms with Gasteiger partial charge in [0.2, 0.25) is 11.8 Å². The zero-order chi connectivity index (χ0) is 17.6. The van der Waals surface area contributed by atoms with E-state index in [1.807, 2.05) is 6.07 Å². The van der Waals surface area contributed by atoms with Crippen molar-refractivity contribution >= 4 is 22.7 Å². The Morgan fingerprint density at radius 3 is 2.96 bits per heavy atom. The van der Waals surface area contributed by atoms with Crippen molar-refractivity contribution in [3.8, 4) is 0 Å². The van der Waals surface area contributed by atoms with Crippen molar-refractivity contribution in [3.63, 3.8) is 0 Å². The molecule has 0 spiro atoms. The third-order valence-electron chi connectivity index (χ3n) is 4.35. The molecule has 3 rings (SSSR count). The van der Waals surface area contributed by atoms with Crippen LogP contribution in [0.15, 0.2) is 29.1 Å². The molecular weight excluding hydrogens is 320 g/mol. The van der Waals surface area contributed by atoms with Gasteiger partial charge in [0.15, 0.2) is 0 Å². The summed E-state index contributed by atoms with van der Waals surface area (Å²) in [6.07, 6.45) is 3.90. The van der Waals surface area contributed by atoms with Gasteiger partial charge in [-0.1, -0.05) is 12.1 Å². The largest absolute Gasteiger partial charge is 0.354 e. The van der Waals surface area contributed by atoms with Gasteiger partial charge in [0.1, 0.15) is 11.9 Å². The lowest BCUT2D eigenvalue weighted by atomic mass is 10.1. The van der Waals surface area contributed by atoms with Crippen LogP contribution >= 0.6 is 0 Å². The molecule has 1 fully saturated rings. The number of amides is 2. The molecule has 2 amide bonds. The Bertz CT molecular complexity index is 830. The number of nitrogens with one attached hydrogen (secondary N) is 3. The van der Waals surface area contributed by atoms with E-state index in [2.05, 4.69) is 20.6 Å². The highest BCUT2D eigenvalue weighted by Crippen LogP contribution is 2.08. The molecule has 2 heterocycles. The van der Waals surface area contributed by atoms with Crippen LogP contribution in [0.25, 0.3) is 10.9 Å². The first-order chi connectivity index (χ1) is 12.1. The second kappa shape index (κ2) is 7.92. The lowest BCUT2D eigenvalue weighted by Gasteiger charge is -2.15. The first-order valence-electron chi connectivity index (χ1n) is 8.68. The summed E-state index contributed by atoms with van der Waals surface area (Å²) >= 11 is 0. The van der Waals surface area contributed by atoms with Gasteiger partial charge in [0.25, 0.3) is 5.56 Å². The summed E-state index contributed by atoms with van der Waals surface area (Å²) in [5.41, 5.74) is 0.487. The first-order valence-corrected chi connectivity index (χ1v) is 8.68. The van der Waals surface area contributed by atoms with E-state index in [1.165, 1.54) is 0 Å². The van der Waals surface area contributed by atoms with Crippen LogP contribution in [0.1, 0.15) is 37.9 Å². The van der Waals surface area contributed by atoms with Crippen molar-refractivity contribution in [3.05, 3.63) is 40.4 Å². The third-order valence-corrected chi connectivity index (χ3v) is 4.35. The number of H-pyrrole nitrogens is 1. The maximum Gasteiger partial charge on any atom is 0.258 e. The molecule has 7 heteroatoms. The molecule has 0 saturated carbocycles. The Morgan fingerprint density at radius 2 is 2.08 bits per heavy atom. The fraction of sp³-hybridized carbons (Fsp3) is 0.444. The predicted molar refractivity (Wildman–Crippen MR) is 94.1 cm³/mol. The zero-order valence-corrected chi connectivity index (χ0v) is 14.0. The quantitative estimate of drug-likeness (QED) is 0.755. The molecule has 132 valence electrons. The van der Waals surface area contributed by atoms with Crippen LogP contribution in [0.4, 0.5) is 0 Å². The monoisotopic (exact) mass is 342 g/mol. The van der Waals surface area contributed by atoms with Crippen LogP contribution in [0.2, 0.25) is 0 Å². The minimum atomic E-state index is -0.436. The van der Waals surface area contributed by atoms with Gasteiger partial charge in [-0.25, -0.2) is 4.98 Å². The maximum atomic E-state index is 12.1. The highest BCUT2D eigenvalue weighted by atomic mass is 16.2. The van der Waals surface area contributed by atoms with Gasteiger partial charge in [0, 0.05) is 19.4 Å². The average molecular weight is 342 g/mol. The maximum absolute atomic E-state index is 12.1. The van der Waals surface area contributed by atoms with Gasteiger partial charge in [0.05, 0.1) is 10.9 Å². The number of benzene rings is 1. The Balaban J connectivity index is 1.53. The van der Waals surface area contributed by atoms with E-state index in [1.54, 1.807) is 18.2 Å². The fourth-order valence-corrected chi connectivity index (χ4v) is 3.01. The number of rotatable bonds is 5. The average Bonchev–Trinajstić information content (AvgIpc) is 2.80. The number of carbonyl (C=O) groups is 2. The molecule has 2 aromatic rings. The molecule has 25 heavy (non-hydrogen) atoms. The molecule has 1 aliphatic rings. The number of para-hydroxylation sites is 1. The normalized spacial score (nSPS) is 17.8. The highest BCUT2D eigenvalue weighted by molar-refractivity contribution is 5.87. The van der Waals surface area contributed by atoms with Gasteiger partial charge in [-0.15, -0.1) is 0 Å².